The highest BCUT2D eigenvalue weighted by atomic mass is 16.2. The molecule has 10 heavy (non-hydrogen) atoms. The summed E-state index contributed by atoms with van der Waals surface area (Å²) in [5.74, 6) is 0. The van der Waals surface area contributed by atoms with Crippen LogP contribution in [0.25, 0.3) is 0 Å². The molecule has 0 aliphatic rings. The zero-order chi connectivity index (χ0) is 7.82. The van der Waals surface area contributed by atoms with Crippen molar-refractivity contribution in [2.24, 2.45) is 0 Å². The van der Waals surface area contributed by atoms with Crippen LogP contribution in [0.2, 0.25) is 0 Å². The average molecular weight is 140 g/mol. The van der Waals surface area contributed by atoms with E-state index >= 15 is 0 Å². The monoisotopic (exact) mass is 140 g/mol. The summed E-state index contributed by atoms with van der Waals surface area (Å²) in [6.45, 7) is 3.66. The highest BCUT2D eigenvalue weighted by molar-refractivity contribution is 5.75. The van der Waals surface area contributed by atoms with Gasteiger partial charge in [-0.25, -0.2) is 4.79 Å². The minimum Gasteiger partial charge on any atom is -0.315 e. The van der Waals surface area contributed by atoms with Crippen molar-refractivity contribution in [1.29, 1.82) is 0 Å². The van der Waals surface area contributed by atoms with Crippen molar-refractivity contribution < 1.29 is 4.79 Å². The first-order valence-corrected chi connectivity index (χ1v) is 3.10. The zero-order valence-electron chi connectivity index (χ0n) is 6.22. The second kappa shape index (κ2) is 5.88. The van der Waals surface area contributed by atoms with Crippen molar-refractivity contribution in [1.82, 2.24) is 10.6 Å². The quantitative estimate of drug-likeness (QED) is 0.597. The molecular formula is C7H12N2O. The van der Waals surface area contributed by atoms with Crippen LogP contribution in [0.5, 0.6) is 0 Å². The summed E-state index contributed by atoms with van der Waals surface area (Å²) >= 11 is 0. The summed E-state index contributed by atoms with van der Waals surface area (Å²) in [6, 6.07) is -0.226. The molecule has 0 radical (unpaired) electrons. The fourth-order valence-corrected chi connectivity index (χ4v) is 0.360. The number of allylic oxidation sites excluding steroid dienone is 2. The Bertz CT molecular complexity index is 134. The van der Waals surface area contributed by atoms with Gasteiger partial charge in [0, 0.05) is 12.4 Å². The third-order valence-electron chi connectivity index (χ3n) is 0.762. The Hall–Kier alpha value is -1.25. The Morgan fingerprint density at radius 1 is 1.10 bits per heavy atom. The van der Waals surface area contributed by atoms with Gasteiger partial charge in [-0.15, -0.1) is 0 Å². The number of amides is 2. The highest BCUT2D eigenvalue weighted by Gasteiger charge is 1.87. The number of nitrogens with one attached hydrogen (secondary N) is 2. The average Bonchev–Trinajstić information content (AvgIpc) is 1.97. The van der Waals surface area contributed by atoms with Gasteiger partial charge in [0.2, 0.25) is 0 Å². The molecular weight excluding hydrogens is 128 g/mol. The van der Waals surface area contributed by atoms with Gasteiger partial charge in [0.25, 0.3) is 0 Å². The third kappa shape index (κ3) is 4.90. The van der Waals surface area contributed by atoms with E-state index in [1.165, 1.54) is 0 Å². The molecule has 0 aromatic carbocycles. The smallest absolute Gasteiger partial charge is 0.315 e. The number of rotatable bonds is 2. The van der Waals surface area contributed by atoms with Gasteiger partial charge in [0.15, 0.2) is 0 Å². The van der Waals surface area contributed by atoms with Crippen molar-refractivity contribution in [2.45, 2.75) is 13.8 Å². The first-order valence-electron chi connectivity index (χ1n) is 3.10. The fraction of sp³-hybridized carbons (Fsp3) is 0.286. The molecule has 0 saturated heterocycles. The van der Waals surface area contributed by atoms with Crippen LogP contribution in [0.3, 0.4) is 0 Å². The van der Waals surface area contributed by atoms with Crippen LogP contribution in [0.1, 0.15) is 13.8 Å². The molecule has 3 heteroatoms. The van der Waals surface area contributed by atoms with Gasteiger partial charge >= 0.3 is 6.03 Å². The highest BCUT2D eigenvalue weighted by Crippen LogP contribution is 1.68. The molecule has 56 valence electrons. The van der Waals surface area contributed by atoms with E-state index in [2.05, 4.69) is 10.6 Å². The van der Waals surface area contributed by atoms with E-state index < -0.39 is 0 Å². The molecule has 2 amide bonds. The van der Waals surface area contributed by atoms with E-state index in [1.54, 1.807) is 24.6 Å². The number of hydrogen-bond acceptors (Lipinski definition) is 1. The fourth-order valence-electron chi connectivity index (χ4n) is 0.360. The molecule has 0 aliphatic heterocycles. The van der Waals surface area contributed by atoms with Gasteiger partial charge in [-0.2, -0.15) is 0 Å². The van der Waals surface area contributed by atoms with Crippen LogP contribution in [-0.4, -0.2) is 6.03 Å². The van der Waals surface area contributed by atoms with Crippen LogP contribution < -0.4 is 10.6 Å². The lowest BCUT2D eigenvalue weighted by atomic mass is 10.7. The first kappa shape index (κ1) is 8.75. The van der Waals surface area contributed by atoms with Gasteiger partial charge in [0.1, 0.15) is 0 Å². The molecule has 0 aromatic rings. The van der Waals surface area contributed by atoms with E-state index in [-0.39, 0.29) is 6.03 Å². The topological polar surface area (TPSA) is 41.1 Å². The SMILES string of the molecule is C/C=C\NC(=O)N/C=C/C. The van der Waals surface area contributed by atoms with E-state index in [1.807, 2.05) is 13.8 Å². The second-order valence-electron chi connectivity index (χ2n) is 1.62. The Balaban J connectivity index is 3.44. The molecule has 0 aromatic heterocycles. The van der Waals surface area contributed by atoms with E-state index in [0.717, 1.165) is 0 Å². The molecule has 0 atom stereocenters. The van der Waals surface area contributed by atoms with Crippen LogP contribution in [0.4, 0.5) is 4.79 Å². The van der Waals surface area contributed by atoms with Crippen LogP contribution >= 0.6 is 0 Å². The lowest BCUT2D eigenvalue weighted by Gasteiger charge is -1.95. The second-order valence-corrected chi connectivity index (χ2v) is 1.62. The summed E-state index contributed by atoms with van der Waals surface area (Å²) in [4.78, 5) is 10.6. The van der Waals surface area contributed by atoms with Gasteiger partial charge in [0.05, 0.1) is 0 Å². The number of carbonyl (C=O) groups excluding carboxylic acids is 1. The molecule has 0 rings (SSSR count). The summed E-state index contributed by atoms with van der Waals surface area (Å²) in [5.41, 5.74) is 0. The Labute approximate surface area is 60.8 Å². The molecule has 0 heterocycles. The van der Waals surface area contributed by atoms with E-state index in [0.29, 0.717) is 0 Å². The van der Waals surface area contributed by atoms with Gasteiger partial charge in [-0.3, -0.25) is 0 Å². The van der Waals surface area contributed by atoms with E-state index in [4.69, 9.17) is 0 Å². The maximum Gasteiger partial charge on any atom is 0.322 e. The molecule has 2 N–H and O–H groups in total. The van der Waals surface area contributed by atoms with Crippen LogP contribution in [0, 0.1) is 0 Å². The lowest BCUT2D eigenvalue weighted by molar-refractivity contribution is 0.247. The number of carbonyl (C=O) groups is 1. The summed E-state index contributed by atoms with van der Waals surface area (Å²) in [7, 11) is 0. The molecule has 0 aliphatic carbocycles. The van der Waals surface area contributed by atoms with Crippen molar-refractivity contribution in [3.05, 3.63) is 24.6 Å². The normalized spacial score (nSPS) is 10.6. The van der Waals surface area contributed by atoms with Crippen molar-refractivity contribution >= 4 is 6.03 Å². The minimum atomic E-state index is -0.226. The molecule has 0 spiro atoms. The zero-order valence-corrected chi connectivity index (χ0v) is 6.22. The third-order valence-corrected chi connectivity index (χ3v) is 0.762. The predicted molar refractivity (Wildman–Crippen MR) is 41.3 cm³/mol. The molecule has 0 unspecified atom stereocenters. The molecule has 0 bridgehead atoms. The molecule has 0 saturated carbocycles. The van der Waals surface area contributed by atoms with Crippen LogP contribution in [0.15, 0.2) is 24.6 Å². The Kier molecular flexibility index (Phi) is 5.14. The standard InChI is InChI=1S/C7H12N2O/c1-3-5-8-7(10)9-6-4-2/h3-6H,1-2H3,(H2,8,9,10)/b5-3-,6-4+. The largest absolute Gasteiger partial charge is 0.322 e. The first-order chi connectivity index (χ1) is 4.81. The number of urea groups is 1. The van der Waals surface area contributed by atoms with Gasteiger partial charge in [-0.05, 0) is 13.8 Å². The maximum absolute atomic E-state index is 10.6. The van der Waals surface area contributed by atoms with E-state index in [9.17, 15) is 4.79 Å². The van der Waals surface area contributed by atoms with Gasteiger partial charge in [-0.1, -0.05) is 12.2 Å². The summed E-state index contributed by atoms with van der Waals surface area (Å²) < 4.78 is 0. The minimum absolute atomic E-state index is 0.226. The molecule has 3 nitrogen and oxygen atoms in total. The lowest BCUT2D eigenvalue weighted by Crippen LogP contribution is -2.27. The molecule has 0 fully saturated rings. The Morgan fingerprint density at radius 2 is 1.50 bits per heavy atom. The van der Waals surface area contributed by atoms with Crippen molar-refractivity contribution in [3.63, 3.8) is 0 Å². The van der Waals surface area contributed by atoms with Crippen molar-refractivity contribution in [3.8, 4) is 0 Å². The number of hydrogen-bond donors (Lipinski definition) is 2. The maximum atomic E-state index is 10.6. The van der Waals surface area contributed by atoms with Crippen molar-refractivity contribution in [2.75, 3.05) is 0 Å². The summed E-state index contributed by atoms with van der Waals surface area (Å²) in [6.07, 6.45) is 6.63. The predicted octanol–water partition coefficient (Wildman–Crippen LogP) is 1.35. The van der Waals surface area contributed by atoms with Gasteiger partial charge < -0.3 is 10.6 Å². The Morgan fingerprint density at radius 3 is 1.80 bits per heavy atom. The summed E-state index contributed by atoms with van der Waals surface area (Å²) in [5, 5.41) is 4.97. The van der Waals surface area contributed by atoms with Crippen LogP contribution in [-0.2, 0) is 0 Å².